The van der Waals surface area contributed by atoms with Crippen molar-refractivity contribution in [3.05, 3.63) is 164 Å². The summed E-state index contributed by atoms with van der Waals surface area (Å²) in [5, 5.41) is 15.8. The fraction of sp³-hybridized carbons (Fsp3) is 0. The van der Waals surface area contributed by atoms with Crippen molar-refractivity contribution in [2.75, 3.05) is 0 Å². The average Bonchev–Trinajstić information content (AvgIpc) is 3.92. The minimum atomic E-state index is 0.534. The van der Waals surface area contributed by atoms with Crippen LogP contribution in [0.2, 0.25) is 0 Å². The van der Waals surface area contributed by atoms with Crippen molar-refractivity contribution >= 4 is 119 Å². The quantitative estimate of drug-likeness (QED) is 0.167. The van der Waals surface area contributed by atoms with E-state index in [1.807, 2.05) is 18.2 Å². The highest BCUT2D eigenvalue weighted by Crippen LogP contribution is 2.47. The smallest absolute Gasteiger partial charge is 0.247 e. The molecule has 4 aromatic heterocycles. The number of benzene rings is 9. The number of hydrogen-bond donors (Lipinski definition) is 0. The molecular weight excluding hydrogens is 691 g/mol. The van der Waals surface area contributed by atoms with Crippen LogP contribution in [0.4, 0.5) is 0 Å². The molecule has 0 radical (unpaired) electrons. The first-order valence-corrected chi connectivity index (χ1v) is 19.4. The van der Waals surface area contributed by atoms with E-state index in [1.54, 1.807) is 11.3 Å². The van der Waals surface area contributed by atoms with Gasteiger partial charge in [-0.25, -0.2) is 9.97 Å². The van der Waals surface area contributed by atoms with Gasteiger partial charge in [0.2, 0.25) is 5.71 Å². The van der Waals surface area contributed by atoms with E-state index >= 15 is 0 Å². The van der Waals surface area contributed by atoms with Crippen molar-refractivity contribution in [1.29, 1.82) is 0 Å². The minimum absolute atomic E-state index is 0.534. The van der Waals surface area contributed by atoms with Gasteiger partial charge in [-0.05, 0) is 68.0 Å². The Morgan fingerprint density at radius 2 is 1.05 bits per heavy atom. The van der Waals surface area contributed by atoms with Gasteiger partial charge in [0.05, 0.1) is 11.0 Å². The lowest BCUT2D eigenvalue weighted by atomic mass is 9.91. The molecule has 0 saturated carbocycles. The van der Waals surface area contributed by atoms with Gasteiger partial charge in [0.15, 0.2) is 5.82 Å². The van der Waals surface area contributed by atoms with Crippen LogP contribution in [0.15, 0.2) is 168 Å². The third-order valence-electron chi connectivity index (χ3n) is 11.6. The molecule has 13 aromatic rings. The van der Waals surface area contributed by atoms with E-state index < -0.39 is 0 Å². The number of thiophene rings is 1. The summed E-state index contributed by atoms with van der Waals surface area (Å²) >= 11 is 1.81. The van der Waals surface area contributed by atoms with Crippen LogP contribution in [0.3, 0.4) is 0 Å². The standard InChI is InChI=1S/C50H27N3OS/c1-2-13-29-28(12-1)24-26-39-44(29)45-40(27-25-35-32-16-4-3-14-30(32)31-15-5-6-18-34(31)43(35)45)53(39)49-46(52-50-47(51-49)37-19-7-9-22-41(37)54-50)38-21-11-20-36-33-17-8-10-23-42(33)55-48(36)38/h1-27H. The zero-order chi connectivity index (χ0) is 35.8. The lowest BCUT2D eigenvalue weighted by molar-refractivity contribution is 0.653. The van der Waals surface area contributed by atoms with Crippen LogP contribution in [0, 0.1) is 0 Å². The number of rotatable bonds is 2. The van der Waals surface area contributed by atoms with Gasteiger partial charge in [-0.1, -0.05) is 133 Å². The first kappa shape index (κ1) is 29.4. The molecule has 4 nitrogen and oxygen atoms in total. The molecule has 0 spiro atoms. The highest BCUT2D eigenvalue weighted by molar-refractivity contribution is 7.26. The molecule has 254 valence electrons. The Kier molecular flexibility index (Phi) is 5.74. The van der Waals surface area contributed by atoms with Gasteiger partial charge in [0.25, 0.3) is 0 Å². The van der Waals surface area contributed by atoms with Crippen LogP contribution in [0.5, 0.6) is 0 Å². The van der Waals surface area contributed by atoms with Crippen LogP contribution in [-0.2, 0) is 0 Å². The van der Waals surface area contributed by atoms with E-state index in [0.717, 1.165) is 44.6 Å². The molecule has 13 rings (SSSR count). The van der Waals surface area contributed by atoms with Gasteiger partial charge in [-0.15, -0.1) is 11.3 Å². The Hall–Kier alpha value is -7.08. The second-order valence-electron chi connectivity index (χ2n) is 14.4. The molecule has 0 unspecified atom stereocenters. The van der Waals surface area contributed by atoms with Crippen molar-refractivity contribution < 1.29 is 4.42 Å². The highest BCUT2D eigenvalue weighted by atomic mass is 32.1. The molecule has 0 atom stereocenters. The normalized spacial score (nSPS) is 12.4. The predicted molar refractivity (Wildman–Crippen MR) is 232 cm³/mol. The van der Waals surface area contributed by atoms with Gasteiger partial charge < -0.3 is 4.42 Å². The number of furan rings is 1. The van der Waals surface area contributed by atoms with E-state index in [2.05, 4.69) is 150 Å². The number of fused-ring (bicyclic) bond motifs is 18. The summed E-state index contributed by atoms with van der Waals surface area (Å²) < 4.78 is 11.3. The van der Waals surface area contributed by atoms with Crippen LogP contribution in [0.1, 0.15) is 0 Å². The molecular formula is C50H27N3OS. The first-order chi connectivity index (χ1) is 27.3. The Morgan fingerprint density at radius 3 is 1.89 bits per heavy atom. The molecule has 55 heavy (non-hydrogen) atoms. The second-order valence-corrected chi connectivity index (χ2v) is 15.5. The van der Waals surface area contributed by atoms with Gasteiger partial charge in [-0.2, -0.15) is 0 Å². The summed E-state index contributed by atoms with van der Waals surface area (Å²) in [6, 6.07) is 58.9. The number of aromatic nitrogens is 3. The van der Waals surface area contributed by atoms with Crippen LogP contribution in [-0.4, -0.2) is 14.5 Å². The van der Waals surface area contributed by atoms with E-state index in [9.17, 15) is 0 Å². The largest absolute Gasteiger partial charge is 0.436 e. The Morgan fingerprint density at radius 1 is 0.436 bits per heavy atom. The maximum atomic E-state index is 6.46. The van der Waals surface area contributed by atoms with Crippen LogP contribution >= 0.6 is 11.3 Å². The minimum Gasteiger partial charge on any atom is -0.436 e. The highest BCUT2D eigenvalue weighted by Gasteiger charge is 2.26. The third kappa shape index (κ3) is 3.89. The van der Waals surface area contributed by atoms with Crippen molar-refractivity contribution in [3.63, 3.8) is 0 Å². The molecule has 0 aliphatic heterocycles. The molecule has 0 aliphatic carbocycles. The van der Waals surface area contributed by atoms with Crippen molar-refractivity contribution in [2.24, 2.45) is 0 Å². The van der Waals surface area contributed by atoms with E-state index in [0.29, 0.717) is 5.71 Å². The van der Waals surface area contributed by atoms with Crippen molar-refractivity contribution in [3.8, 4) is 17.1 Å². The Balaban J connectivity index is 1.27. The van der Waals surface area contributed by atoms with Gasteiger partial charge in [0.1, 0.15) is 16.8 Å². The lowest BCUT2D eigenvalue weighted by Gasteiger charge is -2.14. The molecule has 0 bridgehead atoms. The number of para-hydroxylation sites is 1. The first-order valence-electron chi connectivity index (χ1n) is 18.6. The summed E-state index contributed by atoms with van der Waals surface area (Å²) in [5.41, 5.74) is 6.07. The predicted octanol–water partition coefficient (Wildman–Crippen LogP) is 14.1. The summed E-state index contributed by atoms with van der Waals surface area (Å²) in [5.74, 6) is 0.781. The lowest BCUT2D eigenvalue weighted by Crippen LogP contribution is -2.03. The van der Waals surface area contributed by atoms with Gasteiger partial charge >= 0.3 is 0 Å². The summed E-state index contributed by atoms with van der Waals surface area (Å²) in [7, 11) is 0. The van der Waals surface area contributed by atoms with E-state index in [1.165, 1.54) is 74.0 Å². The molecule has 0 fully saturated rings. The summed E-state index contributed by atoms with van der Waals surface area (Å²) in [4.78, 5) is 11.1. The van der Waals surface area contributed by atoms with Crippen LogP contribution < -0.4 is 0 Å². The Bertz CT molecular complexity index is 3760. The molecule has 5 heteroatoms. The van der Waals surface area contributed by atoms with Crippen molar-refractivity contribution in [1.82, 2.24) is 14.5 Å². The van der Waals surface area contributed by atoms with E-state index in [4.69, 9.17) is 14.4 Å². The summed E-state index contributed by atoms with van der Waals surface area (Å²) in [6.07, 6.45) is 0. The molecule has 9 aromatic carbocycles. The summed E-state index contributed by atoms with van der Waals surface area (Å²) in [6.45, 7) is 0. The second kappa shape index (κ2) is 10.8. The van der Waals surface area contributed by atoms with Gasteiger partial charge in [-0.3, -0.25) is 4.57 Å². The maximum absolute atomic E-state index is 6.46. The topological polar surface area (TPSA) is 43.9 Å². The fourth-order valence-corrected chi connectivity index (χ4v) is 10.5. The third-order valence-corrected chi connectivity index (χ3v) is 12.8. The number of hydrogen-bond acceptors (Lipinski definition) is 4. The van der Waals surface area contributed by atoms with Crippen molar-refractivity contribution in [2.45, 2.75) is 0 Å². The maximum Gasteiger partial charge on any atom is 0.247 e. The van der Waals surface area contributed by atoms with Gasteiger partial charge in [0, 0.05) is 47.3 Å². The number of nitrogens with zero attached hydrogens (tertiary/aromatic N) is 3. The molecule has 0 saturated heterocycles. The monoisotopic (exact) mass is 717 g/mol. The molecule has 4 heterocycles. The molecule has 0 N–H and O–H groups in total. The average molecular weight is 718 g/mol. The van der Waals surface area contributed by atoms with Crippen LogP contribution in [0.25, 0.3) is 124 Å². The zero-order valence-corrected chi connectivity index (χ0v) is 30.1. The zero-order valence-electron chi connectivity index (χ0n) is 29.2. The SMILES string of the molecule is c1ccc2c(c1)ccc1c2c2c3c4ccccc4c4ccccc4c3ccc2n1-c1nc2c(nc1-c1cccc3c1sc1ccccc13)oc1ccccc12. The Labute approximate surface area is 317 Å². The molecule has 0 amide bonds. The van der Waals surface area contributed by atoms with E-state index in [-0.39, 0.29) is 0 Å². The molecule has 0 aliphatic rings. The fourth-order valence-electron chi connectivity index (χ4n) is 9.27.